The van der Waals surface area contributed by atoms with E-state index in [1.54, 1.807) is 31.3 Å². The second kappa shape index (κ2) is 33.1. The van der Waals surface area contributed by atoms with E-state index < -0.39 is 37.2 Å². The quantitative estimate of drug-likeness (QED) is 0.0613. The van der Waals surface area contributed by atoms with Gasteiger partial charge in [0.25, 0.3) is 0 Å². The third-order valence-electron chi connectivity index (χ3n) is 4.13. The summed E-state index contributed by atoms with van der Waals surface area (Å²) in [6.07, 6.45) is 0.104. The molecule has 1 aromatic carbocycles. The summed E-state index contributed by atoms with van der Waals surface area (Å²) in [6.45, 7) is 11.2. The van der Waals surface area contributed by atoms with Crippen LogP contribution in [0.2, 0.25) is 0 Å². The minimum absolute atomic E-state index is 0. The third-order valence-corrected chi connectivity index (χ3v) is 4.44. The molecule has 0 saturated carbocycles. The first-order valence-electron chi connectivity index (χ1n) is 9.77. The van der Waals surface area contributed by atoms with Crippen LogP contribution in [0.25, 0.3) is 0 Å². The molecule has 0 spiro atoms. The summed E-state index contributed by atoms with van der Waals surface area (Å²) < 4.78 is 0. The van der Waals surface area contributed by atoms with Gasteiger partial charge in [-0.3, -0.25) is 36.9 Å². The zero-order valence-corrected chi connectivity index (χ0v) is 23.5. The molecular weight excluding hydrogens is 672 g/mol. The van der Waals surface area contributed by atoms with E-state index in [0.29, 0.717) is 10.7 Å². The standard InChI is InChI=1S/C17H25N5O6S.4CHO.Gd/c1-18-17(29)19-14-4-2-13(3-5-14)8-15(22(27)28)9-20(10-16(25)26)6-7-21(11-23)12-24;4*1-2;/h2-5,15H,6-12H2,1H3,(H,25,26)(H2,18,19,29);4*1H;/q-4;4*-1;+3. The van der Waals surface area contributed by atoms with E-state index in [9.17, 15) is 25.4 Å². The first kappa shape index (κ1) is 46.0. The fraction of sp³-hybridized carbons (Fsp3) is 0.429. The molecule has 0 fully saturated rings. The average Bonchev–Trinajstić information content (AvgIpc) is 2.93. The maximum Gasteiger partial charge on any atom is 3.00 e. The van der Waals surface area contributed by atoms with Crippen molar-refractivity contribution >= 4 is 56.1 Å². The number of carbonyl (C=O) groups is 1. The number of hydrogen-bond donors (Lipinski definition) is 3. The number of nitrogens with one attached hydrogen (secondary N) is 2. The molecule has 0 aliphatic rings. The Kier molecular flexibility index (Phi) is 40.1. The second-order valence-corrected chi connectivity index (χ2v) is 6.73. The summed E-state index contributed by atoms with van der Waals surface area (Å²) in [6, 6.07) is 5.90. The van der Waals surface area contributed by atoms with Crippen LogP contribution in [0.5, 0.6) is 0 Å². The molecule has 0 aromatic heterocycles. The van der Waals surface area contributed by atoms with E-state index in [-0.39, 0.29) is 66.0 Å². The summed E-state index contributed by atoms with van der Waals surface area (Å²) in [7, 11) is 1.68. The normalized spacial score (nSPS) is 9.89. The first-order chi connectivity index (χ1) is 17.8. The SMILES string of the molecule is CNC(=S)Nc1ccc(CC(CN(CCN(C[O-])C[O-])CC(=O)O)N([O-])[O-])cc1.[CH-]=O.[CH-]=O.[CH-]=O.[CH-]=O.[Gd+3]. The van der Waals surface area contributed by atoms with E-state index in [1.165, 1.54) is 4.90 Å². The zero-order valence-electron chi connectivity index (χ0n) is 20.4. The molecule has 1 atom stereocenters. The van der Waals surface area contributed by atoms with Crippen LogP contribution in [-0.2, 0) is 30.4 Å². The summed E-state index contributed by atoms with van der Waals surface area (Å²) >= 11 is 5.01. The first-order valence-corrected chi connectivity index (χ1v) is 10.2. The number of hydroxylamine groups is 2. The number of rotatable bonds is 13. The molecule has 0 heterocycles. The molecule has 1 unspecified atom stereocenters. The number of carboxylic acid groups (broad SMARTS) is 1. The molecule has 0 amide bonds. The van der Waals surface area contributed by atoms with Crippen molar-refractivity contribution in [1.82, 2.24) is 20.3 Å². The van der Waals surface area contributed by atoms with Gasteiger partial charge < -0.3 is 65.7 Å². The monoisotopic (exact) mass is 701 g/mol. The van der Waals surface area contributed by atoms with E-state index in [2.05, 4.69) is 37.8 Å². The fourth-order valence-electron chi connectivity index (χ4n) is 2.57. The number of hydrogen-bond acceptors (Lipinski definition) is 13. The van der Waals surface area contributed by atoms with Crippen LogP contribution in [0.3, 0.4) is 0 Å². The van der Waals surface area contributed by atoms with Crippen molar-refractivity contribution in [2.45, 2.75) is 12.5 Å². The Labute approximate surface area is 259 Å². The molecule has 0 aliphatic heterocycles. The Morgan fingerprint density at radius 2 is 1.39 bits per heavy atom. The number of carboxylic acids is 1. The van der Waals surface area contributed by atoms with Gasteiger partial charge in [0.2, 0.25) is 0 Å². The topological polar surface area (TPSA) is 232 Å². The van der Waals surface area contributed by atoms with Gasteiger partial charge in [-0.15, -0.1) is 0 Å². The van der Waals surface area contributed by atoms with Crippen LogP contribution >= 0.6 is 12.2 Å². The Hall–Kier alpha value is -1.90. The Morgan fingerprint density at radius 3 is 1.76 bits per heavy atom. The molecule has 1 rings (SSSR count). The average molecular weight is 701 g/mol. The molecular formula is C21H29GdN5O10S-5. The van der Waals surface area contributed by atoms with Gasteiger partial charge in [0, 0.05) is 38.4 Å². The van der Waals surface area contributed by atoms with Crippen molar-refractivity contribution in [2.24, 2.45) is 0 Å². The van der Waals surface area contributed by atoms with Crippen molar-refractivity contribution < 1.29 is 79.2 Å². The van der Waals surface area contributed by atoms with Crippen LogP contribution < -0.4 is 20.8 Å². The molecule has 0 bridgehead atoms. The van der Waals surface area contributed by atoms with Crippen LogP contribution in [-0.4, -0.2) is 111 Å². The van der Waals surface area contributed by atoms with E-state index >= 15 is 0 Å². The van der Waals surface area contributed by atoms with E-state index in [1.807, 2.05) is 0 Å². The maximum atomic E-state index is 11.5. The Balaban J connectivity index is -0.000000367. The molecule has 0 saturated heterocycles. The number of aliphatic carboxylic acids is 1. The maximum absolute atomic E-state index is 11.5. The van der Waals surface area contributed by atoms with Crippen molar-refractivity contribution in [3.05, 3.63) is 40.2 Å². The molecule has 1 radical (unpaired) electrons. The van der Waals surface area contributed by atoms with Gasteiger partial charge >= 0.3 is 45.9 Å². The van der Waals surface area contributed by atoms with Crippen molar-refractivity contribution in [1.29, 1.82) is 0 Å². The summed E-state index contributed by atoms with van der Waals surface area (Å²) in [4.78, 5) is 44.5. The largest absolute Gasteiger partial charge is 3.00 e. The van der Waals surface area contributed by atoms with E-state index in [4.69, 9.17) is 36.5 Å². The molecule has 1 aromatic rings. The van der Waals surface area contributed by atoms with Crippen molar-refractivity contribution in [3.8, 4) is 0 Å². The number of anilines is 1. The number of thiocarbonyl (C=S) groups is 1. The molecule has 38 heavy (non-hydrogen) atoms. The van der Waals surface area contributed by atoms with Gasteiger partial charge in [-0.25, -0.2) is 0 Å². The summed E-state index contributed by atoms with van der Waals surface area (Å²) in [5.41, 5.74) is 1.44. The Morgan fingerprint density at radius 1 is 0.947 bits per heavy atom. The van der Waals surface area contributed by atoms with E-state index in [0.717, 1.165) is 10.6 Å². The predicted molar refractivity (Wildman–Crippen MR) is 135 cm³/mol. The molecule has 217 valence electrons. The summed E-state index contributed by atoms with van der Waals surface area (Å²) in [5.74, 6) is -1.14. The molecule has 0 aliphatic carbocycles. The minimum atomic E-state index is -1.14. The van der Waals surface area contributed by atoms with Gasteiger partial charge in [-0.1, -0.05) is 25.6 Å². The van der Waals surface area contributed by atoms with Gasteiger partial charge in [0.15, 0.2) is 5.11 Å². The number of carbonyl (C=O) groups excluding carboxylic acids is 4. The van der Waals surface area contributed by atoms with Gasteiger partial charge in [-0.2, -0.15) is 0 Å². The van der Waals surface area contributed by atoms with Gasteiger partial charge in [-0.05, 0) is 36.3 Å². The second-order valence-electron chi connectivity index (χ2n) is 6.33. The van der Waals surface area contributed by atoms with Crippen molar-refractivity contribution in [2.75, 3.05) is 52.0 Å². The van der Waals surface area contributed by atoms with Crippen molar-refractivity contribution in [3.63, 3.8) is 0 Å². The molecule has 17 heteroatoms. The predicted octanol–water partition coefficient (Wildman–Crippen LogP) is -2.96. The smallest absolute Gasteiger partial charge is 0.843 e. The van der Waals surface area contributed by atoms with Crippen LogP contribution in [0.4, 0.5) is 5.69 Å². The van der Waals surface area contributed by atoms with Gasteiger partial charge in [0.1, 0.15) is 0 Å². The number of nitrogens with zero attached hydrogens (tertiary/aromatic N) is 3. The van der Waals surface area contributed by atoms with Crippen LogP contribution in [0.15, 0.2) is 24.3 Å². The summed E-state index contributed by atoms with van der Waals surface area (Å²) in [5, 5.41) is 59.5. The van der Waals surface area contributed by atoms with Crippen LogP contribution in [0, 0.1) is 50.4 Å². The molecule has 3 N–H and O–H groups in total. The van der Waals surface area contributed by atoms with Gasteiger partial charge in [0.05, 0.1) is 6.54 Å². The number of benzene rings is 1. The minimum Gasteiger partial charge on any atom is -0.843 e. The fourth-order valence-corrected chi connectivity index (χ4v) is 2.69. The Bertz CT molecular complexity index is 697. The molecule has 15 nitrogen and oxygen atoms in total. The van der Waals surface area contributed by atoms with Crippen LogP contribution in [0.1, 0.15) is 5.56 Å². The zero-order chi connectivity index (χ0) is 29.8. The third kappa shape index (κ3) is 24.4.